The smallest absolute Gasteiger partial charge is 0.240 e. The highest BCUT2D eigenvalue weighted by Gasteiger charge is 2.21. The molecule has 4 nitrogen and oxygen atoms in total. The number of halogens is 1. The van der Waals surface area contributed by atoms with Gasteiger partial charge in [-0.15, -0.1) is 0 Å². The molecule has 0 saturated carbocycles. The summed E-state index contributed by atoms with van der Waals surface area (Å²) in [5.41, 5.74) is 1.77. The largest absolute Gasteiger partial charge is 0.301 e. The van der Waals surface area contributed by atoms with Crippen LogP contribution in [0.1, 0.15) is 17.2 Å². The Hall–Kier alpha value is -0.920. The molecule has 0 amide bonds. The fraction of sp³-hybridized carbons (Fsp3) is 0.333. The van der Waals surface area contributed by atoms with Crippen LogP contribution in [0.3, 0.4) is 0 Å². The second-order valence-electron chi connectivity index (χ2n) is 5.30. The summed E-state index contributed by atoms with van der Waals surface area (Å²) in [6.45, 7) is 2.06. The lowest BCUT2D eigenvalue weighted by Gasteiger charge is -2.24. The van der Waals surface area contributed by atoms with Gasteiger partial charge in [0.1, 0.15) is 0 Å². The number of nitrogens with zero attached hydrogens (tertiary/aromatic N) is 1. The van der Waals surface area contributed by atoms with Crippen molar-refractivity contribution in [3.05, 3.63) is 51.2 Å². The van der Waals surface area contributed by atoms with Gasteiger partial charge in [0.05, 0.1) is 4.90 Å². The van der Waals surface area contributed by atoms with Crippen molar-refractivity contribution in [2.24, 2.45) is 0 Å². The van der Waals surface area contributed by atoms with E-state index in [2.05, 4.69) is 4.72 Å². The highest BCUT2D eigenvalue weighted by Crippen LogP contribution is 2.23. The summed E-state index contributed by atoms with van der Waals surface area (Å²) in [6.07, 6.45) is 0. The Morgan fingerprint density at radius 2 is 2.05 bits per heavy atom. The maximum Gasteiger partial charge on any atom is 0.240 e. The Labute approximate surface area is 140 Å². The highest BCUT2D eigenvalue weighted by molar-refractivity contribution is 7.89. The van der Waals surface area contributed by atoms with Crippen LogP contribution in [0.25, 0.3) is 0 Å². The third-order valence-electron chi connectivity index (χ3n) is 3.46. The zero-order valence-electron chi connectivity index (χ0n) is 12.7. The number of aryl methyl sites for hydroxylation is 1. The van der Waals surface area contributed by atoms with E-state index < -0.39 is 10.0 Å². The molecule has 1 heterocycles. The van der Waals surface area contributed by atoms with Crippen LogP contribution in [0.4, 0.5) is 0 Å². The number of sulfonamides is 1. The molecule has 7 heteroatoms. The first-order chi connectivity index (χ1) is 10.3. The van der Waals surface area contributed by atoms with Crippen LogP contribution in [0.2, 0.25) is 5.02 Å². The SMILES string of the molecule is Cc1ccc(Cl)cc1S(=O)(=O)NC[C@H](c1ccsc1)N(C)C. The van der Waals surface area contributed by atoms with E-state index in [9.17, 15) is 8.42 Å². The molecule has 1 N–H and O–H groups in total. The van der Waals surface area contributed by atoms with Crippen molar-refractivity contribution in [1.29, 1.82) is 0 Å². The molecule has 2 aromatic rings. The van der Waals surface area contributed by atoms with E-state index in [1.54, 1.807) is 30.4 Å². The second-order valence-corrected chi connectivity index (χ2v) is 8.25. The molecular formula is C15H19ClN2O2S2. The highest BCUT2D eigenvalue weighted by atomic mass is 35.5. The van der Waals surface area contributed by atoms with Crippen LogP contribution >= 0.6 is 22.9 Å². The summed E-state index contributed by atoms with van der Waals surface area (Å²) in [6, 6.07) is 6.87. The van der Waals surface area contributed by atoms with Gasteiger partial charge in [-0.3, -0.25) is 0 Å². The van der Waals surface area contributed by atoms with Gasteiger partial charge >= 0.3 is 0 Å². The summed E-state index contributed by atoms with van der Waals surface area (Å²) in [7, 11) is 0.273. The van der Waals surface area contributed by atoms with E-state index in [1.807, 2.05) is 35.8 Å². The standard InChI is InChI=1S/C15H19ClN2O2S2/c1-11-4-5-13(16)8-15(11)22(19,20)17-9-14(18(2)3)12-6-7-21-10-12/h4-8,10,14,17H,9H2,1-3H3/t14-/m1/s1. The third kappa shape index (κ3) is 4.08. The zero-order chi connectivity index (χ0) is 16.3. The molecule has 0 aliphatic carbocycles. The molecule has 0 unspecified atom stereocenters. The van der Waals surface area contributed by atoms with Crippen molar-refractivity contribution in [1.82, 2.24) is 9.62 Å². The molecule has 1 aromatic carbocycles. The quantitative estimate of drug-likeness (QED) is 0.862. The monoisotopic (exact) mass is 358 g/mol. The lowest BCUT2D eigenvalue weighted by atomic mass is 10.1. The van der Waals surface area contributed by atoms with Gasteiger partial charge in [-0.25, -0.2) is 13.1 Å². The number of benzene rings is 1. The predicted octanol–water partition coefficient (Wildman–Crippen LogP) is 3.29. The number of hydrogen-bond acceptors (Lipinski definition) is 4. The molecule has 1 atom stereocenters. The molecule has 2 rings (SSSR count). The fourth-order valence-corrected chi connectivity index (χ4v) is 4.44. The van der Waals surface area contributed by atoms with Crippen LogP contribution in [0, 0.1) is 6.92 Å². The molecule has 0 spiro atoms. The van der Waals surface area contributed by atoms with Crippen LogP contribution in [0.5, 0.6) is 0 Å². The first kappa shape index (κ1) is 17.4. The van der Waals surface area contributed by atoms with Crippen molar-refractivity contribution in [2.45, 2.75) is 17.9 Å². The van der Waals surface area contributed by atoms with Gasteiger partial charge in [0, 0.05) is 17.6 Å². The Morgan fingerprint density at radius 3 is 2.64 bits per heavy atom. The van der Waals surface area contributed by atoms with Gasteiger partial charge in [0.25, 0.3) is 0 Å². The van der Waals surface area contributed by atoms with Gasteiger partial charge in [0.15, 0.2) is 0 Å². The molecule has 0 bridgehead atoms. The first-order valence-electron chi connectivity index (χ1n) is 6.75. The first-order valence-corrected chi connectivity index (χ1v) is 9.56. The van der Waals surface area contributed by atoms with Crippen LogP contribution < -0.4 is 4.72 Å². The lowest BCUT2D eigenvalue weighted by molar-refractivity contribution is 0.300. The normalized spacial score (nSPS) is 13.5. The van der Waals surface area contributed by atoms with E-state index in [0.717, 1.165) is 5.56 Å². The number of thiophene rings is 1. The number of likely N-dealkylation sites (N-methyl/N-ethyl adjacent to an activating group) is 1. The number of hydrogen-bond donors (Lipinski definition) is 1. The fourth-order valence-electron chi connectivity index (χ4n) is 2.19. The summed E-state index contributed by atoms with van der Waals surface area (Å²) in [4.78, 5) is 2.22. The van der Waals surface area contributed by atoms with E-state index in [4.69, 9.17) is 11.6 Å². The molecule has 0 radical (unpaired) electrons. The maximum atomic E-state index is 12.5. The Bertz CT molecular complexity index is 728. The number of nitrogens with one attached hydrogen (secondary N) is 1. The molecular weight excluding hydrogens is 340 g/mol. The number of rotatable bonds is 6. The minimum Gasteiger partial charge on any atom is -0.301 e. The van der Waals surface area contributed by atoms with Crippen LogP contribution in [-0.2, 0) is 10.0 Å². The molecule has 0 fully saturated rings. The molecule has 0 aliphatic rings. The predicted molar refractivity (Wildman–Crippen MR) is 92.1 cm³/mol. The van der Waals surface area contributed by atoms with E-state index >= 15 is 0 Å². The second kappa shape index (κ2) is 7.10. The Kier molecular flexibility index (Phi) is 5.63. The van der Waals surface area contributed by atoms with Crippen LogP contribution in [-0.4, -0.2) is 34.0 Å². The van der Waals surface area contributed by atoms with Crippen molar-refractivity contribution >= 4 is 33.0 Å². The van der Waals surface area contributed by atoms with E-state index in [0.29, 0.717) is 17.1 Å². The van der Waals surface area contributed by atoms with Crippen molar-refractivity contribution in [3.63, 3.8) is 0 Å². The molecule has 0 aliphatic heterocycles. The Balaban J connectivity index is 2.20. The lowest BCUT2D eigenvalue weighted by Crippen LogP contribution is -2.34. The van der Waals surface area contributed by atoms with Gasteiger partial charge in [-0.1, -0.05) is 17.7 Å². The summed E-state index contributed by atoms with van der Waals surface area (Å²) in [5, 5.41) is 4.43. The maximum absolute atomic E-state index is 12.5. The molecule has 120 valence electrons. The zero-order valence-corrected chi connectivity index (χ0v) is 15.1. The minimum atomic E-state index is -3.59. The summed E-state index contributed by atoms with van der Waals surface area (Å²) >= 11 is 7.52. The van der Waals surface area contributed by atoms with Crippen LogP contribution in [0.15, 0.2) is 39.9 Å². The van der Waals surface area contributed by atoms with Crippen molar-refractivity contribution < 1.29 is 8.42 Å². The summed E-state index contributed by atoms with van der Waals surface area (Å²) in [5.74, 6) is 0. The molecule has 1 aromatic heterocycles. The van der Waals surface area contributed by atoms with Gasteiger partial charge in [-0.2, -0.15) is 11.3 Å². The van der Waals surface area contributed by atoms with E-state index in [-0.39, 0.29) is 10.9 Å². The van der Waals surface area contributed by atoms with Crippen molar-refractivity contribution in [2.75, 3.05) is 20.6 Å². The van der Waals surface area contributed by atoms with Gasteiger partial charge in [0.2, 0.25) is 10.0 Å². The third-order valence-corrected chi connectivity index (χ3v) is 5.96. The minimum absolute atomic E-state index is 0.0134. The van der Waals surface area contributed by atoms with E-state index in [1.165, 1.54) is 6.07 Å². The Morgan fingerprint density at radius 1 is 1.32 bits per heavy atom. The average molecular weight is 359 g/mol. The van der Waals surface area contributed by atoms with Gasteiger partial charge in [-0.05, 0) is 61.1 Å². The molecule has 0 saturated heterocycles. The average Bonchev–Trinajstić information content (AvgIpc) is 2.95. The summed E-state index contributed by atoms with van der Waals surface area (Å²) < 4.78 is 27.7. The topological polar surface area (TPSA) is 49.4 Å². The molecule has 22 heavy (non-hydrogen) atoms. The van der Waals surface area contributed by atoms with Gasteiger partial charge < -0.3 is 4.90 Å². The van der Waals surface area contributed by atoms with Crippen molar-refractivity contribution in [3.8, 4) is 0 Å².